The van der Waals surface area contributed by atoms with E-state index >= 15 is 0 Å². The van der Waals surface area contributed by atoms with Crippen molar-refractivity contribution in [2.24, 2.45) is 0 Å². The average Bonchev–Trinajstić information content (AvgIpc) is 2.41. The molecule has 0 spiro atoms. The van der Waals surface area contributed by atoms with Gasteiger partial charge in [0, 0.05) is 0 Å². The number of amides is 4. The summed E-state index contributed by atoms with van der Waals surface area (Å²) in [6.07, 6.45) is -0.693. The highest BCUT2D eigenvalue weighted by molar-refractivity contribution is 9.24. The van der Waals surface area contributed by atoms with Crippen molar-refractivity contribution in [3.8, 4) is 0 Å². The van der Waals surface area contributed by atoms with Gasteiger partial charge in [0.25, 0.3) is 0 Å². The van der Waals surface area contributed by atoms with E-state index < -0.39 is 0 Å². The fourth-order valence-electron chi connectivity index (χ4n) is 1.37. The number of fused-ring (bicyclic) bond motifs is 1. The molecule has 4 amide bonds. The monoisotopic (exact) mass is 312 g/mol. The van der Waals surface area contributed by atoms with Crippen LogP contribution in [0.25, 0.3) is 0 Å². The third-order valence-electron chi connectivity index (χ3n) is 1.90. The molecule has 2 heterocycles. The lowest BCUT2D eigenvalue weighted by atomic mass is 10.4. The van der Waals surface area contributed by atoms with E-state index in [1.165, 1.54) is 4.90 Å². The lowest BCUT2D eigenvalue weighted by Gasteiger charge is -2.22. The Balaban J connectivity index is 2.19. The molecule has 0 saturated carbocycles. The van der Waals surface area contributed by atoms with E-state index in [2.05, 4.69) is 47.8 Å². The number of hydrogen-bond donors (Lipinski definition) is 3. The Morgan fingerprint density at radius 2 is 1.92 bits per heavy atom. The summed E-state index contributed by atoms with van der Waals surface area (Å²) in [5.74, 6) is 0. The van der Waals surface area contributed by atoms with Crippen molar-refractivity contribution in [2.45, 2.75) is 16.2 Å². The summed E-state index contributed by atoms with van der Waals surface area (Å²) in [5.41, 5.74) is 0. The SMILES string of the molecule is O=C1NC2NC(=O)N(C(Br)Br)C2N1. The zero-order chi connectivity index (χ0) is 9.59. The number of carbonyl (C=O) groups excluding carboxylic acids is 2. The van der Waals surface area contributed by atoms with Gasteiger partial charge in [0.2, 0.25) is 0 Å². The molecule has 6 nitrogen and oxygen atoms in total. The molecule has 0 aromatic carbocycles. The van der Waals surface area contributed by atoms with Gasteiger partial charge in [-0.05, 0) is 0 Å². The Bertz CT molecular complexity index is 271. The van der Waals surface area contributed by atoms with Gasteiger partial charge in [-0.25, -0.2) is 9.59 Å². The van der Waals surface area contributed by atoms with Crippen molar-refractivity contribution in [1.82, 2.24) is 20.9 Å². The Morgan fingerprint density at radius 3 is 2.54 bits per heavy atom. The number of carbonyl (C=O) groups is 2. The molecule has 0 aromatic rings. The van der Waals surface area contributed by atoms with E-state index in [1.54, 1.807) is 0 Å². The fraction of sp³-hybridized carbons (Fsp3) is 0.600. The average molecular weight is 314 g/mol. The number of alkyl halides is 2. The molecule has 72 valence electrons. The van der Waals surface area contributed by atoms with Crippen LogP contribution >= 0.6 is 31.9 Å². The summed E-state index contributed by atoms with van der Waals surface area (Å²) < 4.78 is -0.296. The molecular formula is C5H6Br2N4O2. The second-order valence-electron chi connectivity index (χ2n) is 2.67. The van der Waals surface area contributed by atoms with E-state index in [0.717, 1.165) is 0 Å². The first kappa shape index (κ1) is 9.07. The largest absolute Gasteiger partial charge is 0.322 e. The van der Waals surface area contributed by atoms with Crippen LogP contribution in [0.3, 0.4) is 0 Å². The molecule has 13 heavy (non-hydrogen) atoms. The summed E-state index contributed by atoms with van der Waals surface area (Å²) in [5, 5.41) is 7.79. The van der Waals surface area contributed by atoms with Crippen LogP contribution in [0.5, 0.6) is 0 Å². The maximum absolute atomic E-state index is 11.3. The maximum Gasteiger partial charge on any atom is 0.322 e. The minimum Gasteiger partial charge on any atom is -0.314 e. The van der Waals surface area contributed by atoms with E-state index in [-0.39, 0.29) is 28.3 Å². The van der Waals surface area contributed by atoms with Crippen molar-refractivity contribution in [2.75, 3.05) is 0 Å². The van der Waals surface area contributed by atoms with Gasteiger partial charge >= 0.3 is 12.1 Å². The van der Waals surface area contributed by atoms with Crippen molar-refractivity contribution < 1.29 is 9.59 Å². The van der Waals surface area contributed by atoms with Crippen LogP contribution in [-0.4, -0.2) is 33.2 Å². The molecule has 0 aromatic heterocycles. The Hall–Kier alpha value is -0.500. The summed E-state index contributed by atoms with van der Waals surface area (Å²) in [6, 6.07) is -0.512. The van der Waals surface area contributed by atoms with E-state index in [1.807, 2.05) is 0 Å². The van der Waals surface area contributed by atoms with Crippen LogP contribution in [0.2, 0.25) is 0 Å². The van der Waals surface area contributed by atoms with E-state index in [0.29, 0.717) is 0 Å². The lowest BCUT2D eigenvalue weighted by molar-refractivity contribution is 0.205. The smallest absolute Gasteiger partial charge is 0.314 e. The molecule has 2 aliphatic heterocycles. The van der Waals surface area contributed by atoms with Gasteiger partial charge < -0.3 is 16.0 Å². The quantitative estimate of drug-likeness (QED) is 0.473. The summed E-state index contributed by atoms with van der Waals surface area (Å²) in [6.45, 7) is 0. The molecular weight excluding hydrogens is 308 g/mol. The zero-order valence-corrected chi connectivity index (χ0v) is 9.42. The van der Waals surface area contributed by atoms with Gasteiger partial charge in [0.15, 0.2) is 0 Å². The number of nitrogens with one attached hydrogen (secondary N) is 3. The minimum atomic E-state index is -0.349. The van der Waals surface area contributed by atoms with Crippen LogP contribution in [0, 0.1) is 0 Å². The second-order valence-corrected chi connectivity index (χ2v) is 5.64. The number of rotatable bonds is 1. The van der Waals surface area contributed by atoms with Crippen molar-refractivity contribution in [3.63, 3.8) is 0 Å². The number of halogens is 2. The molecule has 2 unspecified atom stereocenters. The molecule has 2 saturated heterocycles. The van der Waals surface area contributed by atoms with Crippen molar-refractivity contribution in [1.29, 1.82) is 0 Å². The molecule has 0 aliphatic carbocycles. The third kappa shape index (κ3) is 1.37. The van der Waals surface area contributed by atoms with Crippen molar-refractivity contribution in [3.05, 3.63) is 0 Å². The van der Waals surface area contributed by atoms with Gasteiger partial charge in [-0.15, -0.1) is 0 Å². The van der Waals surface area contributed by atoms with Crippen molar-refractivity contribution >= 4 is 43.9 Å². The molecule has 2 atom stereocenters. The molecule has 2 fully saturated rings. The molecule has 2 aliphatic rings. The molecule has 0 bridgehead atoms. The van der Waals surface area contributed by atoms with Gasteiger partial charge in [-0.3, -0.25) is 4.90 Å². The van der Waals surface area contributed by atoms with E-state index in [9.17, 15) is 9.59 Å². The first-order valence-electron chi connectivity index (χ1n) is 3.53. The predicted molar refractivity (Wildman–Crippen MR) is 51.3 cm³/mol. The third-order valence-corrected chi connectivity index (χ3v) is 2.79. The van der Waals surface area contributed by atoms with Crippen LogP contribution in [0.15, 0.2) is 0 Å². The number of nitrogens with zero attached hydrogens (tertiary/aromatic N) is 1. The standard InChI is InChI=1S/C5H6Br2N4O2/c6-3(7)11-2-1(9-5(11)13)8-4(12)10-2/h1-3H,(H,9,13)(H2,8,10,12). The highest BCUT2D eigenvalue weighted by Gasteiger charge is 2.47. The lowest BCUT2D eigenvalue weighted by Crippen LogP contribution is -2.45. The minimum absolute atomic E-state index is 0.235. The molecule has 0 radical (unpaired) electrons. The topological polar surface area (TPSA) is 73.5 Å². The van der Waals surface area contributed by atoms with Crippen LogP contribution in [0.4, 0.5) is 9.59 Å². The predicted octanol–water partition coefficient (Wildman–Crippen LogP) is 0.0500. The van der Waals surface area contributed by atoms with E-state index in [4.69, 9.17) is 0 Å². The highest BCUT2D eigenvalue weighted by Crippen LogP contribution is 2.23. The first-order valence-corrected chi connectivity index (χ1v) is 5.37. The van der Waals surface area contributed by atoms with Crippen LogP contribution < -0.4 is 16.0 Å². The molecule has 3 N–H and O–H groups in total. The summed E-state index contributed by atoms with van der Waals surface area (Å²) in [4.78, 5) is 23.6. The second kappa shape index (κ2) is 3.02. The van der Waals surface area contributed by atoms with Gasteiger partial charge in [-0.1, -0.05) is 31.9 Å². The maximum atomic E-state index is 11.3. The summed E-state index contributed by atoms with van der Waals surface area (Å²) in [7, 11) is 0. The fourth-order valence-corrected chi connectivity index (χ4v) is 2.25. The normalized spacial score (nSPS) is 31.5. The summed E-state index contributed by atoms with van der Waals surface area (Å²) >= 11 is 6.40. The Labute approximate surface area is 90.7 Å². The van der Waals surface area contributed by atoms with Crippen LogP contribution in [-0.2, 0) is 0 Å². The molecule has 8 heteroatoms. The highest BCUT2D eigenvalue weighted by atomic mass is 79.9. The van der Waals surface area contributed by atoms with Crippen LogP contribution in [0.1, 0.15) is 0 Å². The Kier molecular flexibility index (Phi) is 2.11. The number of urea groups is 2. The number of hydrogen-bond acceptors (Lipinski definition) is 2. The Morgan fingerprint density at radius 1 is 1.23 bits per heavy atom. The van der Waals surface area contributed by atoms with Gasteiger partial charge in [0.1, 0.15) is 16.2 Å². The van der Waals surface area contributed by atoms with Gasteiger partial charge in [-0.2, -0.15) is 0 Å². The first-order chi connectivity index (χ1) is 6.09. The van der Waals surface area contributed by atoms with Gasteiger partial charge in [0.05, 0.1) is 0 Å². The molecule has 2 rings (SSSR count). The zero-order valence-electron chi connectivity index (χ0n) is 6.25.